The van der Waals surface area contributed by atoms with Crippen molar-refractivity contribution in [3.05, 3.63) is 106 Å². The van der Waals surface area contributed by atoms with E-state index in [0.717, 1.165) is 34.4 Å². The van der Waals surface area contributed by atoms with Gasteiger partial charge in [-0.3, -0.25) is 9.13 Å². The molecule has 0 saturated carbocycles. The summed E-state index contributed by atoms with van der Waals surface area (Å²) in [5.41, 5.74) is 4.40. The monoisotopic (exact) mass is 488 g/mol. The second-order valence-electron chi connectivity index (χ2n) is 8.17. The van der Waals surface area contributed by atoms with Crippen molar-refractivity contribution >= 4 is 11.6 Å². The number of nitrogens with zero attached hydrogens (tertiary/aromatic N) is 5. The summed E-state index contributed by atoms with van der Waals surface area (Å²) in [5.74, 6) is 0.0540. The van der Waals surface area contributed by atoms with Crippen molar-refractivity contribution in [2.45, 2.75) is 26.3 Å². The molecule has 176 valence electrons. The van der Waals surface area contributed by atoms with Crippen molar-refractivity contribution in [2.24, 2.45) is 0 Å². The van der Waals surface area contributed by atoms with Gasteiger partial charge in [0.15, 0.2) is 5.82 Å². The van der Waals surface area contributed by atoms with Crippen molar-refractivity contribution in [3.63, 3.8) is 0 Å². The highest BCUT2D eigenvalue weighted by Gasteiger charge is 2.18. The van der Waals surface area contributed by atoms with E-state index in [1.165, 1.54) is 16.7 Å². The first kappa shape index (κ1) is 22.7. The predicted octanol–water partition coefficient (Wildman–Crippen LogP) is 5.28. The standard InChI is InChI=1S/C26H22ClFN6O/c1-2-6-19-16-34(24-22(27)9-5-10-23(24)28)26(35)33(19)15-17-11-13-18(14-12-17)20-7-3-4-8-21(20)25-29-31-32-30-25/h3-5,7-14,16H,2,6,15H2,1H3,(H,29,30,31,32). The number of H-pyrrole nitrogens is 1. The Bertz CT molecular complexity index is 1500. The zero-order valence-corrected chi connectivity index (χ0v) is 19.7. The average molecular weight is 489 g/mol. The van der Waals surface area contributed by atoms with E-state index in [0.29, 0.717) is 18.8 Å². The Morgan fingerprint density at radius 2 is 1.77 bits per heavy atom. The summed E-state index contributed by atoms with van der Waals surface area (Å²) in [7, 11) is 0. The Morgan fingerprint density at radius 3 is 2.46 bits per heavy atom. The molecule has 35 heavy (non-hydrogen) atoms. The fourth-order valence-electron chi connectivity index (χ4n) is 4.22. The van der Waals surface area contributed by atoms with Gasteiger partial charge in [-0.15, -0.1) is 5.10 Å². The average Bonchev–Trinajstić information content (AvgIpc) is 3.50. The van der Waals surface area contributed by atoms with Crippen LogP contribution in [0, 0.1) is 5.82 Å². The van der Waals surface area contributed by atoms with Gasteiger partial charge in [0.05, 0.1) is 11.6 Å². The van der Waals surface area contributed by atoms with Crippen molar-refractivity contribution in [2.75, 3.05) is 0 Å². The summed E-state index contributed by atoms with van der Waals surface area (Å²) in [6, 6.07) is 20.3. The highest BCUT2D eigenvalue weighted by Crippen LogP contribution is 2.30. The number of aromatic amines is 1. The van der Waals surface area contributed by atoms with E-state index < -0.39 is 5.82 Å². The van der Waals surface area contributed by atoms with Gasteiger partial charge in [0, 0.05) is 17.5 Å². The van der Waals surface area contributed by atoms with Crippen LogP contribution in [0.5, 0.6) is 0 Å². The van der Waals surface area contributed by atoms with Crippen molar-refractivity contribution in [1.82, 2.24) is 29.8 Å². The molecule has 2 heterocycles. The number of benzene rings is 3. The zero-order chi connectivity index (χ0) is 24.4. The third-order valence-corrected chi connectivity index (χ3v) is 6.18. The van der Waals surface area contributed by atoms with Crippen molar-refractivity contribution in [3.8, 4) is 28.2 Å². The first-order valence-corrected chi connectivity index (χ1v) is 11.6. The van der Waals surface area contributed by atoms with Gasteiger partial charge in [-0.05, 0) is 45.7 Å². The molecule has 5 aromatic rings. The van der Waals surface area contributed by atoms with Gasteiger partial charge in [0.2, 0.25) is 0 Å². The number of tetrazole rings is 1. The molecular formula is C26H22ClFN6O. The van der Waals surface area contributed by atoms with Crippen LogP contribution in [0.4, 0.5) is 4.39 Å². The van der Waals surface area contributed by atoms with E-state index in [-0.39, 0.29) is 16.4 Å². The Morgan fingerprint density at radius 1 is 1.00 bits per heavy atom. The van der Waals surface area contributed by atoms with E-state index >= 15 is 0 Å². The van der Waals surface area contributed by atoms with Crippen LogP contribution in [0.15, 0.2) is 77.7 Å². The first-order chi connectivity index (χ1) is 17.1. The minimum Gasteiger partial charge on any atom is -0.292 e. The number of aryl methyl sites for hydroxylation is 1. The molecule has 0 unspecified atom stereocenters. The third-order valence-electron chi connectivity index (χ3n) is 5.88. The molecule has 5 rings (SSSR count). The molecule has 3 aromatic carbocycles. The Hall–Kier alpha value is -4.04. The molecule has 0 aliphatic rings. The maximum Gasteiger partial charge on any atom is 0.333 e. The first-order valence-electron chi connectivity index (χ1n) is 11.2. The van der Waals surface area contributed by atoms with E-state index in [2.05, 4.69) is 20.6 Å². The minimum absolute atomic E-state index is 0.0733. The summed E-state index contributed by atoms with van der Waals surface area (Å²) in [6.07, 6.45) is 3.22. The number of halogens is 2. The molecule has 0 spiro atoms. The normalized spacial score (nSPS) is 11.2. The number of para-hydroxylation sites is 1. The molecule has 0 bridgehead atoms. The van der Waals surface area contributed by atoms with Gasteiger partial charge in [-0.1, -0.05) is 79.5 Å². The molecule has 0 atom stereocenters. The summed E-state index contributed by atoms with van der Waals surface area (Å²) in [5, 5.41) is 14.4. The van der Waals surface area contributed by atoms with Crippen LogP contribution in [-0.2, 0) is 13.0 Å². The van der Waals surface area contributed by atoms with Gasteiger partial charge in [-0.25, -0.2) is 14.3 Å². The number of nitrogens with one attached hydrogen (secondary N) is 1. The van der Waals surface area contributed by atoms with Gasteiger partial charge >= 0.3 is 5.69 Å². The van der Waals surface area contributed by atoms with Crippen LogP contribution in [-0.4, -0.2) is 29.8 Å². The number of imidazole rings is 1. The van der Waals surface area contributed by atoms with Crippen LogP contribution >= 0.6 is 11.6 Å². The van der Waals surface area contributed by atoms with Crippen LogP contribution in [0.25, 0.3) is 28.2 Å². The van der Waals surface area contributed by atoms with E-state index in [4.69, 9.17) is 11.6 Å². The lowest BCUT2D eigenvalue weighted by Crippen LogP contribution is -2.25. The van der Waals surface area contributed by atoms with Crippen LogP contribution in [0.1, 0.15) is 24.6 Å². The molecule has 0 aliphatic carbocycles. The number of rotatable bonds is 7. The van der Waals surface area contributed by atoms with Crippen molar-refractivity contribution < 1.29 is 4.39 Å². The lowest BCUT2D eigenvalue weighted by Gasteiger charge is -2.10. The molecule has 7 nitrogen and oxygen atoms in total. The molecule has 9 heteroatoms. The quantitative estimate of drug-likeness (QED) is 0.338. The van der Waals surface area contributed by atoms with Crippen LogP contribution in [0.3, 0.4) is 0 Å². The largest absolute Gasteiger partial charge is 0.333 e. The number of hydrogen-bond donors (Lipinski definition) is 1. The molecule has 2 aromatic heterocycles. The summed E-state index contributed by atoms with van der Waals surface area (Å²) in [6.45, 7) is 2.40. The molecule has 0 amide bonds. The number of hydrogen-bond acceptors (Lipinski definition) is 4. The minimum atomic E-state index is -0.537. The van der Waals surface area contributed by atoms with Gasteiger partial charge in [-0.2, -0.15) is 0 Å². The highest BCUT2D eigenvalue weighted by molar-refractivity contribution is 6.32. The van der Waals surface area contributed by atoms with Crippen LogP contribution < -0.4 is 5.69 Å². The predicted molar refractivity (Wildman–Crippen MR) is 133 cm³/mol. The Kier molecular flexibility index (Phi) is 6.29. The fourth-order valence-corrected chi connectivity index (χ4v) is 4.47. The third kappa shape index (κ3) is 4.40. The summed E-state index contributed by atoms with van der Waals surface area (Å²) in [4.78, 5) is 13.3. The second-order valence-corrected chi connectivity index (χ2v) is 8.58. The molecule has 0 radical (unpaired) electrons. The fraction of sp³-hybridized carbons (Fsp3) is 0.154. The summed E-state index contributed by atoms with van der Waals surface area (Å²) >= 11 is 6.24. The van der Waals surface area contributed by atoms with Gasteiger partial charge < -0.3 is 0 Å². The maximum absolute atomic E-state index is 14.5. The van der Waals surface area contributed by atoms with Gasteiger partial charge in [0.25, 0.3) is 0 Å². The SMILES string of the molecule is CCCc1cn(-c2c(F)cccc2Cl)c(=O)n1Cc1ccc(-c2ccccc2-c2nnn[nH]2)cc1. The zero-order valence-electron chi connectivity index (χ0n) is 18.9. The topological polar surface area (TPSA) is 81.4 Å². The van der Waals surface area contributed by atoms with E-state index in [1.54, 1.807) is 16.8 Å². The smallest absolute Gasteiger partial charge is 0.292 e. The molecule has 0 aliphatic heterocycles. The second kappa shape index (κ2) is 9.68. The molecule has 0 fully saturated rings. The highest BCUT2D eigenvalue weighted by atomic mass is 35.5. The summed E-state index contributed by atoms with van der Waals surface area (Å²) < 4.78 is 17.5. The van der Waals surface area contributed by atoms with Gasteiger partial charge in [0.1, 0.15) is 11.5 Å². The number of aromatic nitrogens is 6. The molecule has 0 saturated heterocycles. The maximum atomic E-state index is 14.5. The van der Waals surface area contributed by atoms with Crippen molar-refractivity contribution in [1.29, 1.82) is 0 Å². The molecule has 1 N–H and O–H groups in total. The Labute approximate surface area is 205 Å². The van der Waals surface area contributed by atoms with E-state index in [9.17, 15) is 9.18 Å². The Balaban J connectivity index is 1.49. The molecular weight excluding hydrogens is 467 g/mol. The lowest BCUT2D eigenvalue weighted by molar-refractivity contribution is 0.613. The van der Waals surface area contributed by atoms with E-state index in [1.807, 2.05) is 55.5 Å². The van der Waals surface area contributed by atoms with Crippen LogP contribution in [0.2, 0.25) is 5.02 Å². The lowest BCUT2D eigenvalue weighted by atomic mass is 9.98.